The van der Waals surface area contributed by atoms with Crippen molar-refractivity contribution >= 4 is 34.9 Å². The number of anilines is 2. The van der Waals surface area contributed by atoms with Gasteiger partial charge in [-0.2, -0.15) is 0 Å². The summed E-state index contributed by atoms with van der Waals surface area (Å²) >= 11 is 6.10. The summed E-state index contributed by atoms with van der Waals surface area (Å²) in [6.07, 6.45) is 0. The molecule has 22 heavy (non-hydrogen) atoms. The summed E-state index contributed by atoms with van der Waals surface area (Å²) in [5, 5.41) is 13.8. The van der Waals surface area contributed by atoms with Gasteiger partial charge in [0, 0.05) is 5.69 Å². The first-order valence-electron chi connectivity index (χ1n) is 6.69. The smallest absolute Gasteiger partial charge is 0.307 e. The van der Waals surface area contributed by atoms with Crippen LogP contribution in [0, 0.1) is 13.8 Å². The molecule has 112 valence electrons. The maximum Gasteiger partial charge on any atom is 0.326 e. The van der Waals surface area contributed by atoms with Gasteiger partial charge >= 0.3 is 6.03 Å². The normalized spacial score (nSPS) is 10.7. The van der Waals surface area contributed by atoms with Crippen molar-refractivity contribution in [2.45, 2.75) is 13.8 Å². The molecule has 2 heterocycles. The number of halogens is 1. The molecule has 7 heteroatoms. The summed E-state index contributed by atoms with van der Waals surface area (Å²) in [6.45, 7) is 3.90. The molecule has 2 aromatic heterocycles. The molecule has 0 atom stereocenters. The van der Waals surface area contributed by atoms with Gasteiger partial charge in [0.15, 0.2) is 5.65 Å². The van der Waals surface area contributed by atoms with Gasteiger partial charge in [-0.15, -0.1) is 10.2 Å². The molecule has 0 fully saturated rings. The number of urea groups is 1. The Labute approximate surface area is 132 Å². The van der Waals surface area contributed by atoms with Gasteiger partial charge in [-0.05, 0) is 43.2 Å². The van der Waals surface area contributed by atoms with Crippen LogP contribution in [0.4, 0.5) is 16.4 Å². The van der Waals surface area contributed by atoms with Crippen LogP contribution in [-0.2, 0) is 0 Å². The summed E-state index contributed by atoms with van der Waals surface area (Å²) in [6, 6.07) is 10.7. The van der Waals surface area contributed by atoms with Crippen molar-refractivity contribution in [2.24, 2.45) is 0 Å². The number of pyridine rings is 1. The number of aryl methyl sites for hydroxylation is 2. The molecule has 0 aliphatic rings. The average Bonchev–Trinajstić information content (AvgIpc) is 2.87. The second kappa shape index (κ2) is 5.65. The fourth-order valence-electron chi connectivity index (χ4n) is 2.11. The molecule has 1 aromatic carbocycles. The first kappa shape index (κ1) is 14.3. The Hall–Kier alpha value is -2.60. The van der Waals surface area contributed by atoms with Crippen molar-refractivity contribution in [1.29, 1.82) is 0 Å². The van der Waals surface area contributed by atoms with E-state index in [4.69, 9.17) is 11.6 Å². The molecule has 0 bridgehead atoms. The average molecular weight is 316 g/mol. The molecule has 3 rings (SSSR count). The van der Waals surface area contributed by atoms with Crippen molar-refractivity contribution in [2.75, 3.05) is 10.6 Å². The lowest BCUT2D eigenvalue weighted by Gasteiger charge is -2.10. The van der Waals surface area contributed by atoms with Crippen LogP contribution in [0.3, 0.4) is 0 Å². The Morgan fingerprint density at radius 1 is 1.14 bits per heavy atom. The van der Waals surface area contributed by atoms with E-state index in [1.807, 2.05) is 32.0 Å². The minimum Gasteiger partial charge on any atom is -0.307 e. The second-order valence-electron chi connectivity index (χ2n) is 4.96. The van der Waals surface area contributed by atoms with E-state index in [0.29, 0.717) is 10.8 Å². The number of rotatable bonds is 2. The van der Waals surface area contributed by atoms with E-state index in [2.05, 4.69) is 20.8 Å². The van der Waals surface area contributed by atoms with Gasteiger partial charge < -0.3 is 5.32 Å². The minimum absolute atomic E-state index is 0.267. The van der Waals surface area contributed by atoms with Crippen molar-refractivity contribution < 1.29 is 4.79 Å². The molecule has 0 saturated carbocycles. The number of hydrogen-bond donors (Lipinski definition) is 2. The monoisotopic (exact) mass is 315 g/mol. The van der Waals surface area contributed by atoms with E-state index in [1.54, 1.807) is 22.6 Å². The predicted molar refractivity (Wildman–Crippen MR) is 86.6 cm³/mol. The Morgan fingerprint density at radius 2 is 1.95 bits per heavy atom. The van der Waals surface area contributed by atoms with Crippen LogP contribution < -0.4 is 10.6 Å². The number of fused-ring (bicyclic) bond motifs is 1. The maximum atomic E-state index is 12.2. The number of nitrogens with one attached hydrogen (secondary N) is 2. The zero-order valence-corrected chi connectivity index (χ0v) is 12.8. The van der Waals surface area contributed by atoms with Gasteiger partial charge in [-0.1, -0.05) is 29.8 Å². The fourth-order valence-corrected chi connectivity index (χ4v) is 2.35. The molecular weight excluding hydrogens is 302 g/mol. The van der Waals surface area contributed by atoms with Gasteiger partial charge in [0.25, 0.3) is 0 Å². The zero-order chi connectivity index (χ0) is 15.7. The number of carbonyl (C=O) groups is 1. The molecule has 0 radical (unpaired) electrons. The highest BCUT2D eigenvalue weighted by atomic mass is 35.5. The topological polar surface area (TPSA) is 71.3 Å². The predicted octanol–water partition coefficient (Wildman–Crippen LogP) is 3.64. The lowest BCUT2D eigenvalue weighted by atomic mass is 10.1. The summed E-state index contributed by atoms with van der Waals surface area (Å²) in [7, 11) is 0. The lowest BCUT2D eigenvalue weighted by Crippen LogP contribution is -2.21. The Kier molecular flexibility index (Phi) is 3.68. The van der Waals surface area contributed by atoms with E-state index < -0.39 is 6.03 Å². The Morgan fingerprint density at radius 3 is 2.77 bits per heavy atom. The highest BCUT2D eigenvalue weighted by Crippen LogP contribution is 2.18. The number of nitrogens with zero attached hydrogens (tertiary/aromatic N) is 3. The standard InChI is InChI=1S/C15H14ClN5O/c1-9-6-7-10(2)11(8-9)17-15(22)18-14-20-19-13-5-3-4-12(16)21(13)14/h3-8H,1-2H3,(H2,17,18,20,22). The summed E-state index contributed by atoms with van der Waals surface area (Å²) < 4.78 is 1.56. The lowest BCUT2D eigenvalue weighted by molar-refractivity contribution is 0.262. The number of amides is 2. The van der Waals surface area contributed by atoms with Crippen molar-refractivity contribution in [1.82, 2.24) is 14.6 Å². The third-order valence-corrected chi connectivity index (χ3v) is 3.54. The van der Waals surface area contributed by atoms with Crippen LogP contribution in [0.5, 0.6) is 0 Å². The van der Waals surface area contributed by atoms with Gasteiger partial charge in [0.2, 0.25) is 5.95 Å². The number of benzene rings is 1. The highest BCUT2D eigenvalue weighted by molar-refractivity contribution is 6.30. The van der Waals surface area contributed by atoms with Gasteiger partial charge in [-0.3, -0.25) is 9.72 Å². The van der Waals surface area contributed by atoms with Crippen LogP contribution in [-0.4, -0.2) is 20.6 Å². The van der Waals surface area contributed by atoms with Crippen LogP contribution in [0.2, 0.25) is 5.15 Å². The molecule has 0 aliphatic carbocycles. The highest BCUT2D eigenvalue weighted by Gasteiger charge is 2.12. The van der Waals surface area contributed by atoms with E-state index in [0.717, 1.165) is 16.8 Å². The summed E-state index contributed by atoms with van der Waals surface area (Å²) in [4.78, 5) is 12.2. The van der Waals surface area contributed by atoms with Crippen molar-refractivity contribution in [3.05, 3.63) is 52.7 Å². The Bertz CT molecular complexity index is 858. The molecule has 0 spiro atoms. The minimum atomic E-state index is -0.400. The number of carbonyl (C=O) groups excluding carboxylic acids is 1. The van der Waals surface area contributed by atoms with E-state index in [1.165, 1.54) is 0 Å². The Balaban J connectivity index is 1.83. The number of hydrogen-bond acceptors (Lipinski definition) is 3. The van der Waals surface area contributed by atoms with Gasteiger partial charge in [-0.25, -0.2) is 4.79 Å². The third-order valence-electron chi connectivity index (χ3n) is 3.25. The van der Waals surface area contributed by atoms with E-state index in [9.17, 15) is 4.79 Å². The first-order chi connectivity index (χ1) is 10.5. The molecule has 6 nitrogen and oxygen atoms in total. The first-order valence-corrected chi connectivity index (χ1v) is 7.07. The fraction of sp³-hybridized carbons (Fsp3) is 0.133. The zero-order valence-electron chi connectivity index (χ0n) is 12.1. The van der Waals surface area contributed by atoms with Crippen molar-refractivity contribution in [3.63, 3.8) is 0 Å². The molecular formula is C15H14ClN5O. The molecule has 3 aromatic rings. The van der Waals surface area contributed by atoms with E-state index in [-0.39, 0.29) is 5.95 Å². The quantitative estimate of drug-likeness (QED) is 0.709. The summed E-state index contributed by atoms with van der Waals surface area (Å²) in [5.41, 5.74) is 3.36. The SMILES string of the molecule is Cc1ccc(C)c(NC(=O)Nc2nnc3cccc(Cl)n23)c1. The van der Waals surface area contributed by atoms with Gasteiger partial charge in [0.1, 0.15) is 5.15 Å². The van der Waals surface area contributed by atoms with Crippen LogP contribution in [0.15, 0.2) is 36.4 Å². The van der Waals surface area contributed by atoms with E-state index >= 15 is 0 Å². The third kappa shape index (κ3) is 2.73. The number of aromatic nitrogens is 3. The van der Waals surface area contributed by atoms with Crippen LogP contribution >= 0.6 is 11.6 Å². The maximum absolute atomic E-state index is 12.2. The molecule has 2 amide bonds. The van der Waals surface area contributed by atoms with Crippen molar-refractivity contribution in [3.8, 4) is 0 Å². The van der Waals surface area contributed by atoms with Crippen LogP contribution in [0.1, 0.15) is 11.1 Å². The second-order valence-corrected chi connectivity index (χ2v) is 5.35. The molecule has 0 unspecified atom stereocenters. The largest absolute Gasteiger partial charge is 0.326 e. The molecule has 2 N–H and O–H groups in total. The molecule has 0 saturated heterocycles. The summed E-state index contributed by atoms with van der Waals surface area (Å²) in [5.74, 6) is 0.267. The van der Waals surface area contributed by atoms with Gasteiger partial charge in [0.05, 0.1) is 0 Å². The van der Waals surface area contributed by atoms with Crippen LogP contribution in [0.25, 0.3) is 5.65 Å². The molecule has 0 aliphatic heterocycles.